The van der Waals surface area contributed by atoms with Crippen molar-refractivity contribution in [2.24, 2.45) is 0 Å². The number of carbonyl (C=O) groups is 1. The molecule has 1 aromatic carbocycles. The number of nitrogens with zero attached hydrogens (tertiary/aromatic N) is 1. The van der Waals surface area contributed by atoms with E-state index in [1.807, 2.05) is 0 Å². The number of aromatic nitrogens is 1. The zero-order chi connectivity index (χ0) is 13.7. The van der Waals surface area contributed by atoms with Gasteiger partial charge in [0.25, 0.3) is 5.91 Å². The number of hydrogen-bond acceptors (Lipinski definition) is 2. The molecule has 0 aliphatic heterocycles. The van der Waals surface area contributed by atoms with Crippen LogP contribution in [0.3, 0.4) is 0 Å². The molecule has 0 atom stereocenters. The molecule has 0 saturated heterocycles. The summed E-state index contributed by atoms with van der Waals surface area (Å²) >= 11 is 0. The summed E-state index contributed by atoms with van der Waals surface area (Å²) in [5.74, 6) is -0.0498. The molecule has 0 aliphatic carbocycles. The van der Waals surface area contributed by atoms with Gasteiger partial charge in [-0.15, -0.1) is 12.4 Å². The van der Waals surface area contributed by atoms with Crippen LogP contribution in [0.2, 0.25) is 0 Å². The topological polar surface area (TPSA) is 42.0 Å². The van der Waals surface area contributed by atoms with Gasteiger partial charge in [0.2, 0.25) is 0 Å². The van der Waals surface area contributed by atoms with E-state index in [0.29, 0.717) is 12.1 Å². The molecule has 0 aliphatic rings. The lowest BCUT2D eigenvalue weighted by atomic mass is 10.0. The van der Waals surface area contributed by atoms with Gasteiger partial charge in [-0.25, -0.2) is 0 Å². The van der Waals surface area contributed by atoms with Gasteiger partial charge >= 0.3 is 0 Å². The Hall–Kier alpha value is -1.87. The fourth-order valence-electron chi connectivity index (χ4n) is 1.88. The second kappa shape index (κ2) is 7.65. The van der Waals surface area contributed by atoms with Crippen LogP contribution in [-0.4, -0.2) is 17.4 Å². The van der Waals surface area contributed by atoms with Crippen LogP contribution in [0.5, 0.6) is 0 Å². The first kappa shape index (κ1) is 16.2. The summed E-state index contributed by atoms with van der Waals surface area (Å²) < 4.78 is 0. The molecule has 2 aromatic rings. The number of carbonyl (C=O) groups excluding carboxylic acids is 1. The van der Waals surface area contributed by atoms with Crippen LogP contribution in [0.4, 0.5) is 0 Å². The van der Waals surface area contributed by atoms with Gasteiger partial charge in [0.1, 0.15) is 0 Å². The standard InChI is InChI=1S/C16H18N2O.ClH/c1-12-3-4-14(11-13(12)2)5-10-18-16(19)15-6-8-17-9-7-15;/h3-4,6-9,11H,5,10H2,1-2H3,(H,18,19);1H. The zero-order valence-electron chi connectivity index (χ0n) is 11.7. The largest absolute Gasteiger partial charge is 0.352 e. The SMILES string of the molecule is Cc1ccc(CCNC(=O)c2ccncc2)cc1C.Cl. The Morgan fingerprint density at radius 2 is 1.80 bits per heavy atom. The van der Waals surface area contributed by atoms with Gasteiger partial charge in [-0.3, -0.25) is 9.78 Å². The lowest BCUT2D eigenvalue weighted by molar-refractivity contribution is 0.0954. The summed E-state index contributed by atoms with van der Waals surface area (Å²) in [6, 6.07) is 9.83. The first-order valence-electron chi connectivity index (χ1n) is 6.41. The second-order valence-corrected chi connectivity index (χ2v) is 4.66. The van der Waals surface area contributed by atoms with Crippen LogP contribution in [0.1, 0.15) is 27.0 Å². The van der Waals surface area contributed by atoms with Gasteiger partial charge in [0, 0.05) is 24.5 Å². The Morgan fingerprint density at radius 1 is 1.10 bits per heavy atom. The molecule has 1 N–H and O–H groups in total. The molecule has 1 aromatic heterocycles. The van der Waals surface area contributed by atoms with Crippen LogP contribution in [0, 0.1) is 13.8 Å². The highest BCUT2D eigenvalue weighted by Crippen LogP contribution is 2.10. The first-order chi connectivity index (χ1) is 9.16. The minimum absolute atomic E-state index is 0. The van der Waals surface area contributed by atoms with Crippen LogP contribution >= 0.6 is 12.4 Å². The van der Waals surface area contributed by atoms with Crippen molar-refractivity contribution in [2.75, 3.05) is 6.54 Å². The van der Waals surface area contributed by atoms with E-state index in [1.54, 1.807) is 24.5 Å². The van der Waals surface area contributed by atoms with Crippen molar-refractivity contribution in [1.29, 1.82) is 0 Å². The number of aryl methyl sites for hydroxylation is 2. The predicted molar refractivity (Wildman–Crippen MR) is 83.4 cm³/mol. The summed E-state index contributed by atoms with van der Waals surface area (Å²) in [5.41, 5.74) is 4.48. The van der Waals surface area contributed by atoms with Gasteiger partial charge < -0.3 is 5.32 Å². The van der Waals surface area contributed by atoms with E-state index in [4.69, 9.17) is 0 Å². The van der Waals surface area contributed by atoms with Crippen LogP contribution in [0.25, 0.3) is 0 Å². The van der Waals surface area contributed by atoms with Crippen LogP contribution < -0.4 is 5.32 Å². The Bertz CT molecular complexity index is 570. The van der Waals surface area contributed by atoms with Crippen molar-refractivity contribution < 1.29 is 4.79 Å². The maximum absolute atomic E-state index is 11.8. The number of halogens is 1. The van der Waals surface area contributed by atoms with Crippen molar-refractivity contribution in [3.63, 3.8) is 0 Å². The summed E-state index contributed by atoms with van der Waals surface area (Å²) in [6.07, 6.45) is 4.09. The molecule has 106 valence electrons. The van der Waals surface area contributed by atoms with E-state index < -0.39 is 0 Å². The molecule has 0 spiro atoms. The monoisotopic (exact) mass is 290 g/mol. The Balaban J connectivity index is 0.00000200. The molecule has 0 unspecified atom stereocenters. The normalized spacial score (nSPS) is 9.70. The zero-order valence-corrected chi connectivity index (χ0v) is 12.5. The van der Waals surface area contributed by atoms with Crippen molar-refractivity contribution >= 4 is 18.3 Å². The summed E-state index contributed by atoms with van der Waals surface area (Å²) in [6.45, 7) is 4.85. The third kappa shape index (κ3) is 4.35. The van der Waals surface area contributed by atoms with E-state index in [0.717, 1.165) is 6.42 Å². The second-order valence-electron chi connectivity index (χ2n) is 4.66. The Morgan fingerprint density at radius 3 is 2.45 bits per heavy atom. The van der Waals surface area contributed by atoms with Gasteiger partial charge in [0.15, 0.2) is 0 Å². The molecule has 1 amide bonds. The van der Waals surface area contributed by atoms with E-state index in [9.17, 15) is 4.79 Å². The molecular formula is C16H19ClN2O. The quantitative estimate of drug-likeness (QED) is 0.940. The van der Waals surface area contributed by atoms with Gasteiger partial charge in [-0.1, -0.05) is 18.2 Å². The van der Waals surface area contributed by atoms with E-state index in [2.05, 4.69) is 42.3 Å². The lowest BCUT2D eigenvalue weighted by Crippen LogP contribution is -2.25. The van der Waals surface area contributed by atoms with Crippen LogP contribution in [0.15, 0.2) is 42.7 Å². The fourth-order valence-corrected chi connectivity index (χ4v) is 1.88. The molecule has 20 heavy (non-hydrogen) atoms. The molecule has 0 bridgehead atoms. The summed E-state index contributed by atoms with van der Waals surface area (Å²) in [4.78, 5) is 15.7. The van der Waals surface area contributed by atoms with E-state index >= 15 is 0 Å². The molecule has 0 fully saturated rings. The average Bonchev–Trinajstić information content (AvgIpc) is 2.43. The molecule has 3 nitrogen and oxygen atoms in total. The Labute approximate surface area is 125 Å². The fraction of sp³-hybridized carbons (Fsp3) is 0.250. The molecular weight excluding hydrogens is 272 g/mol. The Kier molecular flexibility index (Phi) is 6.19. The number of benzene rings is 1. The molecule has 4 heteroatoms. The van der Waals surface area contributed by atoms with Crippen molar-refractivity contribution in [3.05, 3.63) is 65.0 Å². The smallest absolute Gasteiger partial charge is 0.251 e. The maximum Gasteiger partial charge on any atom is 0.251 e. The van der Waals surface area contributed by atoms with E-state index in [-0.39, 0.29) is 18.3 Å². The number of amides is 1. The van der Waals surface area contributed by atoms with Crippen molar-refractivity contribution in [2.45, 2.75) is 20.3 Å². The van der Waals surface area contributed by atoms with Crippen molar-refractivity contribution in [1.82, 2.24) is 10.3 Å². The number of rotatable bonds is 4. The van der Waals surface area contributed by atoms with Crippen LogP contribution in [-0.2, 0) is 6.42 Å². The highest BCUT2D eigenvalue weighted by atomic mass is 35.5. The third-order valence-corrected chi connectivity index (χ3v) is 3.21. The van der Waals surface area contributed by atoms with Gasteiger partial charge in [0.05, 0.1) is 0 Å². The maximum atomic E-state index is 11.8. The predicted octanol–water partition coefficient (Wildman–Crippen LogP) is 3.09. The molecule has 2 rings (SSSR count). The van der Waals surface area contributed by atoms with Gasteiger partial charge in [-0.05, 0) is 49.1 Å². The lowest BCUT2D eigenvalue weighted by Gasteiger charge is -2.07. The number of pyridine rings is 1. The third-order valence-electron chi connectivity index (χ3n) is 3.21. The van der Waals surface area contributed by atoms with Crippen molar-refractivity contribution in [3.8, 4) is 0 Å². The van der Waals surface area contributed by atoms with Gasteiger partial charge in [-0.2, -0.15) is 0 Å². The number of hydrogen-bond donors (Lipinski definition) is 1. The van der Waals surface area contributed by atoms with E-state index in [1.165, 1.54) is 16.7 Å². The highest BCUT2D eigenvalue weighted by Gasteiger charge is 2.03. The highest BCUT2D eigenvalue weighted by molar-refractivity contribution is 5.93. The molecule has 1 heterocycles. The summed E-state index contributed by atoms with van der Waals surface area (Å²) in [7, 11) is 0. The molecule has 0 radical (unpaired) electrons. The minimum atomic E-state index is -0.0498. The minimum Gasteiger partial charge on any atom is -0.352 e. The molecule has 0 saturated carbocycles. The first-order valence-corrected chi connectivity index (χ1v) is 6.41. The summed E-state index contributed by atoms with van der Waals surface area (Å²) in [5, 5.41) is 2.91. The average molecular weight is 291 g/mol. The number of nitrogens with one attached hydrogen (secondary N) is 1.